The van der Waals surface area contributed by atoms with Gasteiger partial charge in [-0.15, -0.1) is 0 Å². The number of carbonyl (C=O) groups excluding carboxylic acids is 2. The Bertz CT molecular complexity index is 921. The van der Waals surface area contributed by atoms with Crippen LogP contribution in [-0.2, 0) is 19.4 Å². The van der Waals surface area contributed by atoms with Crippen molar-refractivity contribution in [1.29, 1.82) is 0 Å². The minimum Gasteiger partial charge on any atom is -0.341 e. The first-order valence-corrected chi connectivity index (χ1v) is 12.6. The van der Waals surface area contributed by atoms with E-state index in [0.29, 0.717) is 50.5 Å². The van der Waals surface area contributed by atoms with Gasteiger partial charge in [-0.1, -0.05) is 0 Å². The van der Waals surface area contributed by atoms with Crippen molar-refractivity contribution in [3.8, 4) is 0 Å². The molecule has 1 aromatic rings. The minimum atomic E-state index is -3.44. The van der Waals surface area contributed by atoms with Crippen LogP contribution in [0.3, 0.4) is 0 Å². The highest BCUT2D eigenvalue weighted by Gasteiger charge is 2.31. The molecule has 0 saturated carbocycles. The second-order valence-corrected chi connectivity index (χ2v) is 10.4. The van der Waals surface area contributed by atoms with Gasteiger partial charge in [0.2, 0.25) is 17.8 Å². The van der Waals surface area contributed by atoms with E-state index in [1.54, 1.807) is 9.80 Å². The lowest BCUT2D eigenvalue weighted by molar-refractivity contribution is -0.139. The van der Waals surface area contributed by atoms with Crippen molar-refractivity contribution in [2.24, 2.45) is 0 Å². The van der Waals surface area contributed by atoms with Gasteiger partial charge in [-0.2, -0.15) is 0 Å². The minimum absolute atomic E-state index is 0.0310. The summed E-state index contributed by atoms with van der Waals surface area (Å²) >= 11 is 0. The first kappa shape index (κ1) is 21.0. The predicted octanol–water partition coefficient (Wildman–Crippen LogP) is 0.809. The Morgan fingerprint density at radius 1 is 1.10 bits per heavy atom. The number of nitrogens with zero attached hydrogens (tertiary/aromatic N) is 5. The summed E-state index contributed by atoms with van der Waals surface area (Å²) in [7, 11) is -3.44. The molecule has 0 bridgehead atoms. The van der Waals surface area contributed by atoms with E-state index in [-0.39, 0.29) is 29.2 Å². The number of rotatable bonds is 5. The fraction of sp³-hybridized carbons (Fsp3) is 0.700. The summed E-state index contributed by atoms with van der Waals surface area (Å²) in [4.78, 5) is 39.1. The zero-order valence-corrected chi connectivity index (χ0v) is 18.2. The standard InChI is InChI=1S/C20H29N5O4S/c1-30(28,29)16-13-21-20(24-8-2-3-9-24)22-19(16)15-6-11-23(12-7-15)18(27)14-25-10-4-5-17(25)26/h13,15H,2-12,14H2,1H3. The highest BCUT2D eigenvalue weighted by molar-refractivity contribution is 7.90. The van der Waals surface area contributed by atoms with Crippen LogP contribution in [-0.4, -0.2) is 85.5 Å². The average molecular weight is 436 g/mol. The lowest BCUT2D eigenvalue weighted by Gasteiger charge is -2.33. The molecule has 9 nitrogen and oxygen atoms in total. The van der Waals surface area contributed by atoms with E-state index < -0.39 is 9.84 Å². The van der Waals surface area contributed by atoms with E-state index in [4.69, 9.17) is 0 Å². The summed E-state index contributed by atoms with van der Waals surface area (Å²) in [5.41, 5.74) is 0.580. The molecule has 2 amide bonds. The zero-order chi connectivity index (χ0) is 21.3. The molecule has 3 saturated heterocycles. The maximum absolute atomic E-state index is 12.6. The molecular weight excluding hydrogens is 406 g/mol. The van der Waals surface area contributed by atoms with Crippen LogP contribution in [0, 0.1) is 0 Å². The number of amides is 2. The third kappa shape index (κ3) is 4.43. The van der Waals surface area contributed by atoms with Gasteiger partial charge in [-0.3, -0.25) is 9.59 Å². The van der Waals surface area contributed by atoms with Gasteiger partial charge in [0, 0.05) is 51.3 Å². The molecule has 3 aliphatic heterocycles. The van der Waals surface area contributed by atoms with Crippen molar-refractivity contribution in [3.63, 3.8) is 0 Å². The van der Waals surface area contributed by atoms with E-state index in [9.17, 15) is 18.0 Å². The van der Waals surface area contributed by atoms with Crippen LogP contribution >= 0.6 is 0 Å². The molecule has 0 unspecified atom stereocenters. The largest absolute Gasteiger partial charge is 0.341 e. The Morgan fingerprint density at radius 3 is 2.40 bits per heavy atom. The highest BCUT2D eigenvalue weighted by atomic mass is 32.2. The van der Waals surface area contributed by atoms with Crippen LogP contribution in [0.25, 0.3) is 0 Å². The molecule has 0 aromatic carbocycles. The van der Waals surface area contributed by atoms with Gasteiger partial charge < -0.3 is 14.7 Å². The fourth-order valence-corrected chi connectivity index (χ4v) is 5.40. The monoisotopic (exact) mass is 435 g/mol. The van der Waals surface area contributed by atoms with E-state index in [1.807, 2.05) is 0 Å². The Morgan fingerprint density at radius 2 is 1.80 bits per heavy atom. The Labute approximate surface area is 177 Å². The fourth-order valence-electron chi connectivity index (χ4n) is 4.56. The molecule has 10 heteroatoms. The van der Waals surface area contributed by atoms with Crippen molar-refractivity contribution >= 4 is 27.6 Å². The number of anilines is 1. The van der Waals surface area contributed by atoms with E-state index >= 15 is 0 Å². The Kier molecular flexibility index (Phi) is 5.95. The normalized spacial score (nSPS) is 21.0. The molecule has 0 N–H and O–H groups in total. The van der Waals surface area contributed by atoms with Crippen LogP contribution in [0.15, 0.2) is 11.1 Å². The molecule has 0 atom stereocenters. The second-order valence-electron chi connectivity index (χ2n) is 8.46. The van der Waals surface area contributed by atoms with Gasteiger partial charge in [-0.05, 0) is 32.1 Å². The number of aromatic nitrogens is 2. The highest BCUT2D eigenvalue weighted by Crippen LogP contribution is 2.32. The van der Waals surface area contributed by atoms with E-state index in [0.717, 1.165) is 32.4 Å². The summed E-state index contributed by atoms with van der Waals surface area (Å²) in [6.07, 6.45) is 7.46. The Balaban J connectivity index is 1.47. The van der Waals surface area contributed by atoms with Crippen molar-refractivity contribution < 1.29 is 18.0 Å². The summed E-state index contributed by atoms with van der Waals surface area (Å²) in [6.45, 7) is 3.65. The third-order valence-corrected chi connectivity index (χ3v) is 7.40. The first-order valence-electron chi connectivity index (χ1n) is 10.7. The summed E-state index contributed by atoms with van der Waals surface area (Å²) < 4.78 is 24.7. The van der Waals surface area contributed by atoms with Gasteiger partial charge >= 0.3 is 0 Å². The van der Waals surface area contributed by atoms with Crippen LogP contribution in [0.2, 0.25) is 0 Å². The molecule has 4 heterocycles. The first-order chi connectivity index (χ1) is 14.3. The number of likely N-dealkylation sites (tertiary alicyclic amines) is 2. The molecule has 3 fully saturated rings. The lowest BCUT2D eigenvalue weighted by atomic mass is 9.93. The summed E-state index contributed by atoms with van der Waals surface area (Å²) in [5, 5.41) is 0. The van der Waals surface area contributed by atoms with Crippen molar-refractivity contribution in [3.05, 3.63) is 11.9 Å². The maximum atomic E-state index is 12.6. The van der Waals surface area contributed by atoms with Crippen LogP contribution in [0.4, 0.5) is 5.95 Å². The lowest BCUT2D eigenvalue weighted by Crippen LogP contribution is -2.44. The van der Waals surface area contributed by atoms with Gasteiger partial charge in [0.05, 0.1) is 18.4 Å². The number of piperidine rings is 1. The van der Waals surface area contributed by atoms with E-state index in [2.05, 4.69) is 14.9 Å². The number of hydrogen-bond acceptors (Lipinski definition) is 7. The smallest absolute Gasteiger partial charge is 0.242 e. The predicted molar refractivity (Wildman–Crippen MR) is 111 cm³/mol. The van der Waals surface area contributed by atoms with Crippen molar-refractivity contribution in [1.82, 2.24) is 19.8 Å². The van der Waals surface area contributed by atoms with Crippen molar-refractivity contribution in [2.45, 2.75) is 49.3 Å². The molecular formula is C20H29N5O4S. The quantitative estimate of drug-likeness (QED) is 0.674. The molecule has 30 heavy (non-hydrogen) atoms. The molecule has 0 spiro atoms. The maximum Gasteiger partial charge on any atom is 0.242 e. The summed E-state index contributed by atoms with van der Waals surface area (Å²) in [6, 6.07) is 0. The van der Waals surface area contributed by atoms with Gasteiger partial charge in [-0.25, -0.2) is 18.4 Å². The third-order valence-electron chi connectivity index (χ3n) is 6.29. The number of sulfone groups is 1. The number of hydrogen-bond donors (Lipinski definition) is 0. The molecule has 0 radical (unpaired) electrons. The van der Waals surface area contributed by atoms with Gasteiger partial charge in [0.25, 0.3) is 0 Å². The molecule has 3 aliphatic rings. The van der Waals surface area contributed by atoms with E-state index in [1.165, 1.54) is 12.5 Å². The van der Waals surface area contributed by atoms with Crippen LogP contribution in [0.5, 0.6) is 0 Å². The SMILES string of the molecule is CS(=O)(=O)c1cnc(N2CCCC2)nc1C1CCN(C(=O)CN2CCCC2=O)CC1. The van der Waals surface area contributed by atoms with Crippen LogP contribution < -0.4 is 4.90 Å². The topological polar surface area (TPSA) is 104 Å². The average Bonchev–Trinajstić information content (AvgIpc) is 3.39. The molecule has 4 rings (SSSR count). The number of carbonyl (C=O) groups is 2. The van der Waals surface area contributed by atoms with Crippen LogP contribution in [0.1, 0.15) is 50.1 Å². The van der Waals surface area contributed by atoms with Gasteiger partial charge in [0.1, 0.15) is 4.90 Å². The van der Waals surface area contributed by atoms with Gasteiger partial charge in [0.15, 0.2) is 9.84 Å². The molecule has 164 valence electrons. The molecule has 1 aromatic heterocycles. The summed E-state index contributed by atoms with van der Waals surface area (Å²) in [5.74, 6) is 0.580. The molecule has 0 aliphatic carbocycles. The van der Waals surface area contributed by atoms with Crippen molar-refractivity contribution in [2.75, 3.05) is 50.4 Å². The second kappa shape index (κ2) is 8.49. The Hall–Kier alpha value is -2.23. The zero-order valence-electron chi connectivity index (χ0n) is 17.4.